The zero-order chi connectivity index (χ0) is 20.7. The number of ketones is 2. The second kappa shape index (κ2) is 7.39. The van der Waals surface area contributed by atoms with Gasteiger partial charge in [-0.1, -0.05) is 60.1 Å². The normalized spacial score (nSPS) is 28.1. The number of ether oxygens (including phenoxy) is 1. The van der Waals surface area contributed by atoms with Crippen molar-refractivity contribution in [3.63, 3.8) is 0 Å². The predicted molar refractivity (Wildman–Crippen MR) is 102 cm³/mol. The third-order valence-electron chi connectivity index (χ3n) is 5.01. The van der Waals surface area contributed by atoms with E-state index in [1.807, 2.05) is 0 Å². The summed E-state index contributed by atoms with van der Waals surface area (Å²) in [5.41, 5.74) is -0.714. The van der Waals surface area contributed by atoms with Crippen molar-refractivity contribution in [3.8, 4) is 0 Å². The van der Waals surface area contributed by atoms with E-state index in [1.54, 1.807) is 56.3 Å². The fourth-order valence-corrected chi connectivity index (χ4v) is 3.78. The van der Waals surface area contributed by atoms with Crippen LogP contribution in [0.15, 0.2) is 48.5 Å². The van der Waals surface area contributed by atoms with E-state index in [1.165, 1.54) is 6.07 Å². The van der Waals surface area contributed by atoms with Gasteiger partial charge in [0, 0.05) is 5.56 Å². The second-order valence-corrected chi connectivity index (χ2v) is 7.68. The number of Topliss-reactive ketones (excluding diaryl/α,β-unsaturated/α-hetero) is 2. The molecule has 0 saturated carbocycles. The Bertz CT molecular complexity index is 925. The first kappa shape index (κ1) is 20.6. The van der Waals surface area contributed by atoms with Crippen LogP contribution in [0, 0.1) is 13.8 Å². The van der Waals surface area contributed by atoms with Gasteiger partial charge in [-0.2, -0.15) is 0 Å². The summed E-state index contributed by atoms with van der Waals surface area (Å²) in [5, 5.41) is 29.4. The maximum absolute atomic E-state index is 13.1. The first-order chi connectivity index (χ1) is 13.1. The second-order valence-electron chi connectivity index (χ2n) is 7.09. The van der Waals surface area contributed by atoms with E-state index in [2.05, 4.69) is 0 Å². The highest BCUT2D eigenvalue weighted by molar-refractivity contribution is 6.23. The summed E-state index contributed by atoms with van der Waals surface area (Å²) in [7, 11) is 0. The van der Waals surface area contributed by atoms with E-state index in [0.29, 0.717) is 16.7 Å². The molecule has 7 heteroatoms. The number of halogens is 1. The number of hydrogen-bond donors (Lipinski definition) is 3. The molecule has 0 aromatic heterocycles. The van der Waals surface area contributed by atoms with E-state index in [-0.39, 0.29) is 5.56 Å². The van der Waals surface area contributed by atoms with Crippen molar-refractivity contribution in [1.29, 1.82) is 0 Å². The van der Waals surface area contributed by atoms with E-state index in [9.17, 15) is 24.9 Å². The number of aliphatic hydroxyl groups excluding tert-OH is 1. The number of carbonyl (C=O) groups excluding carboxylic acids is 2. The summed E-state index contributed by atoms with van der Waals surface area (Å²) < 4.78 is 5.13. The van der Waals surface area contributed by atoms with Crippen LogP contribution < -0.4 is 0 Å². The molecule has 1 heterocycles. The molecule has 2 unspecified atom stereocenters. The smallest absolute Gasteiger partial charge is 0.249 e. The standard InChI is InChI=1S/C21H21ClO6/c1-12-7-3-5-9-14(12)16(23)17(24)19-20(26,11-21(22,27)28-19)18(25)15-10-6-4-8-13(15)2/h3-10,16,19,23,26-27H,11H2,1-2H3/t16?,19-,20-,21?/m1/s1. The molecule has 2 aromatic carbocycles. The zero-order valence-electron chi connectivity index (χ0n) is 15.4. The summed E-state index contributed by atoms with van der Waals surface area (Å²) >= 11 is 5.83. The van der Waals surface area contributed by atoms with Crippen molar-refractivity contribution in [2.45, 2.75) is 43.3 Å². The molecule has 0 amide bonds. The first-order valence-electron chi connectivity index (χ1n) is 8.76. The number of aryl methyl sites for hydroxylation is 2. The van der Waals surface area contributed by atoms with Gasteiger partial charge in [0.05, 0.1) is 6.42 Å². The molecular formula is C21H21ClO6. The van der Waals surface area contributed by atoms with Crippen LogP contribution in [-0.4, -0.2) is 43.8 Å². The van der Waals surface area contributed by atoms with Gasteiger partial charge in [0.15, 0.2) is 23.3 Å². The summed E-state index contributed by atoms with van der Waals surface area (Å²) in [6.45, 7) is 3.39. The van der Waals surface area contributed by atoms with Crippen molar-refractivity contribution in [2.75, 3.05) is 0 Å². The van der Waals surface area contributed by atoms with Crippen LogP contribution in [0.3, 0.4) is 0 Å². The highest BCUT2D eigenvalue weighted by Gasteiger charge is 2.62. The highest BCUT2D eigenvalue weighted by Crippen LogP contribution is 2.43. The third kappa shape index (κ3) is 3.62. The molecule has 1 aliphatic heterocycles. The first-order valence-corrected chi connectivity index (χ1v) is 9.14. The molecule has 1 fully saturated rings. The van der Waals surface area contributed by atoms with Crippen molar-refractivity contribution in [2.24, 2.45) is 0 Å². The Morgan fingerprint density at radius 1 is 1.07 bits per heavy atom. The lowest BCUT2D eigenvalue weighted by Gasteiger charge is -2.27. The van der Waals surface area contributed by atoms with Crippen LogP contribution in [-0.2, 0) is 9.53 Å². The molecule has 3 N–H and O–H groups in total. The zero-order valence-corrected chi connectivity index (χ0v) is 16.2. The molecule has 28 heavy (non-hydrogen) atoms. The molecule has 1 aliphatic rings. The number of rotatable bonds is 5. The molecule has 0 aliphatic carbocycles. The van der Waals surface area contributed by atoms with Gasteiger partial charge in [0.25, 0.3) is 0 Å². The van der Waals surface area contributed by atoms with Crippen LogP contribution in [0.5, 0.6) is 0 Å². The Morgan fingerprint density at radius 2 is 1.64 bits per heavy atom. The molecule has 3 rings (SSSR count). The minimum atomic E-state index is -2.43. The number of aliphatic hydroxyl groups is 3. The van der Waals surface area contributed by atoms with Gasteiger partial charge in [-0.3, -0.25) is 9.59 Å². The fraction of sp³-hybridized carbons (Fsp3) is 0.333. The Labute approximate surface area is 167 Å². The van der Waals surface area contributed by atoms with E-state index in [4.69, 9.17) is 16.3 Å². The maximum atomic E-state index is 13.1. The minimum absolute atomic E-state index is 0.172. The van der Waals surface area contributed by atoms with Gasteiger partial charge in [0.1, 0.15) is 6.10 Å². The highest BCUT2D eigenvalue weighted by atomic mass is 35.5. The lowest BCUT2D eigenvalue weighted by Crippen LogP contribution is -2.51. The van der Waals surface area contributed by atoms with E-state index >= 15 is 0 Å². The lowest BCUT2D eigenvalue weighted by molar-refractivity contribution is -0.164. The number of carbonyl (C=O) groups is 2. The topological polar surface area (TPSA) is 104 Å². The Balaban J connectivity index is 2.00. The van der Waals surface area contributed by atoms with Crippen molar-refractivity contribution >= 4 is 23.2 Å². The summed E-state index contributed by atoms with van der Waals surface area (Å²) in [6.07, 6.45) is -4.21. The molecule has 0 spiro atoms. The van der Waals surface area contributed by atoms with Gasteiger partial charge in [-0.15, -0.1) is 0 Å². The van der Waals surface area contributed by atoms with Crippen molar-refractivity contribution in [1.82, 2.24) is 0 Å². The van der Waals surface area contributed by atoms with Crippen LogP contribution in [0.25, 0.3) is 0 Å². The molecule has 4 atom stereocenters. The summed E-state index contributed by atoms with van der Waals surface area (Å²) in [5.74, 6) is -1.77. The molecule has 0 radical (unpaired) electrons. The Morgan fingerprint density at radius 3 is 2.25 bits per heavy atom. The summed E-state index contributed by atoms with van der Waals surface area (Å²) in [6, 6.07) is 13.2. The Hall–Kier alpha value is -2.09. The van der Waals surface area contributed by atoms with Gasteiger partial charge >= 0.3 is 0 Å². The van der Waals surface area contributed by atoms with Gasteiger partial charge in [-0.05, 0) is 30.5 Å². The molecular weight excluding hydrogens is 384 g/mol. The lowest BCUT2D eigenvalue weighted by atomic mass is 9.81. The number of alkyl halides is 1. The molecule has 6 nitrogen and oxygen atoms in total. The fourth-order valence-electron chi connectivity index (χ4n) is 3.49. The maximum Gasteiger partial charge on any atom is 0.249 e. The minimum Gasteiger partial charge on any atom is -0.380 e. The van der Waals surface area contributed by atoms with E-state index < -0.39 is 41.0 Å². The number of hydrogen-bond acceptors (Lipinski definition) is 6. The summed E-state index contributed by atoms with van der Waals surface area (Å²) in [4.78, 5) is 26.0. The van der Waals surface area contributed by atoms with Crippen molar-refractivity contribution in [3.05, 3.63) is 70.8 Å². The van der Waals surface area contributed by atoms with Gasteiger partial charge < -0.3 is 20.1 Å². The predicted octanol–water partition coefficient (Wildman–Crippen LogP) is 2.19. The van der Waals surface area contributed by atoms with Crippen LogP contribution in [0.2, 0.25) is 0 Å². The monoisotopic (exact) mass is 404 g/mol. The van der Waals surface area contributed by atoms with Crippen molar-refractivity contribution < 1.29 is 29.6 Å². The largest absolute Gasteiger partial charge is 0.380 e. The molecule has 148 valence electrons. The van der Waals surface area contributed by atoms with E-state index in [0.717, 1.165) is 0 Å². The molecule has 2 aromatic rings. The molecule has 1 saturated heterocycles. The van der Waals surface area contributed by atoms with Crippen LogP contribution in [0.1, 0.15) is 39.6 Å². The SMILES string of the molecule is Cc1ccccc1C(=O)[C@]1(O)CC(O)(Cl)O[C@@H]1C(=O)C(O)c1ccccc1C. The average molecular weight is 405 g/mol. The van der Waals surface area contributed by atoms with Crippen LogP contribution >= 0.6 is 11.6 Å². The average Bonchev–Trinajstić information content (AvgIpc) is 2.91. The molecule has 0 bridgehead atoms. The quantitative estimate of drug-likeness (QED) is 0.521. The van der Waals surface area contributed by atoms with Gasteiger partial charge in [-0.25, -0.2) is 0 Å². The number of benzene rings is 2. The Kier molecular flexibility index (Phi) is 5.44. The van der Waals surface area contributed by atoms with Crippen LogP contribution in [0.4, 0.5) is 0 Å². The third-order valence-corrected chi connectivity index (χ3v) is 5.24. The van der Waals surface area contributed by atoms with Gasteiger partial charge in [0.2, 0.25) is 5.25 Å².